The SMILES string of the molecule is CC1(S(=O)(=O)n2ccc3c(C=O)cccc32)C=CC=CC1. The third-order valence-electron chi connectivity index (χ3n) is 3.93. The second kappa shape index (κ2) is 4.70. The molecule has 1 aliphatic rings. The monoisotopic (exact) mass is 301 g/mol. The number of hydrogen-bond donors (Lipinski definition) is 0. The van der Waals surface area contributed by atoms with Gasteiger partial charge in [0.05, 0.1) is 5.52 Å². The van der Waals surface area contributed by atoms with E-state index in [1.165, 1.54) is 10.2 Å². The maximum Gasteiger partial charge on any atom is 0.248 e. The van der Waals surface area contributed by atoms with Crippen LogP contribution in [0.5, 0.6) is 0 Å². The zero-order chi connectivity index (χ0) is 15.1. The molecule has 0 spiro atoms. The van der Waals surface area contributed by atoms with Crippen molar-refractivity contribution in [2.45, 2.75) is 18.1 Å². The van der Waals surface area contributed by atoms with Crippen molar-refractivity contribution in [3.05, 3.63) is 60.3 Å². The normalized spacial score (nSPS) is 21.8. The fourth-order valence-electron chi connectivity index (χ4n) is 2.60. The summed E-state index contributed by atoms with van der Waals surface area (Å²) in [6.07, 6.45) is 9.84. The molecule has 4 nitrogen and oxygen atoms in total. The Bertz CT molecular complexity index is 874. The van der Waals surface area contributed by atoms with Crippen molar-refractivity contribution < 1.29 is 13.2 Å². The van der Waals surface area contributed by atoms with Gasteiger partial charge in [-0.15, -0.1) is 0 Å². The minimum atomic E-state index is -3.61. The van der Waals surface area contributed by atoms with Gasteiger partial charge in [0, 0.05) is 17.1 Å². The van der Waals surface area contributed by atoms with Crippen molar-refractivity contribution in [3.8, 4) is 0 Å². The van der Waals surface area contributed by atoms with Gasteiger partial charge in [0.15, 0.2) is 6.29 Å². The Hall–Kier alpha value is -2.14. The summed E-state index contributed by atoms with van der Waals surface area (Å²) in [5.74, 6) is 0. The van der Waals surface area contributed by atoms with Crippen molar-refractivity contribution in [3.63, 3.8) is 0 Å². The molecule has 0 amide bonds. The van der Waals surface area contributed by atoms with Crippen molar-refractivity contribution in [2.75, 3.05) is 0 Å². The molecule has 0 bridgehead atoms. The number of benzene rings is 1. The predicted molar refractivity (Wildman–Crippen MR) is 82.9 cm³/mol. The number of rotatable bonds is 3. The molecular weight excluding hydrogens is 286 g/mol. The van der Waals surface area contributed by atoms with Crippen LogP contribution in [-0.2, 0) is 10.0 Å². The van der Waals surface area contributed by atoms with Gasteiger partial charge in [0.1, 0.15) is 4.75 Å². The molecular formula is C16H15NO3S. The third-order valence-corrected chi connectivity index (χ3v) is 6.24. The first-order valence-corrected chi connectivity index (χ1v) is 8.08. The highest BCUT2D eigenvalue weighted by atomic mass is 32.2. The van der Waals surface area contributed by atoms with Crippen molar-refractivity contribution in [1.82, 2.24) is 3.97 Å². The van der Waals surface area contributed by atoms with E-state index in [-0.39, 0.29) is 0 Å². The number of aromatic nitrogens is 1. The van der Waals surface area contributed by atoms with Gasteiger partial charge in [-0.2, -0.15) is 0 Å². The highest BCUT2D eigenvalue weighted by Crippen LogP contribution is 2.31. The second-order valence-corrected chi connectivity index (χ2v) is 7.59. The van der Waals surface area contributed by atoms with Gasteiger partial charge in [0.2, 0.25) is 10.0 Å². The summed E-state index contributed by atoms with van der Waals surface area (Å²) in [6.45, 7) is 1.71. The summed E-state index contributed by atoms with van der Waals surface area (Å²) in [7, 11) is -3.61. The maximum atomic E-state index is 13.0. The minimum absolute atomic E-state index is 0.429. The molecule has 21 heavy (non-hydrogen) atoms. The number of aldehydes is 1. The first kappa shape index (κ1) is 13.8. The van der Waals surface area contributed by atoms with E-state index < -0.39 is 14.8 Å². The average molecular weight is 301 g/mol. The Balaban J connectivity index is 2.23. The first-order valence-electron chi connectivity index (χ1n) is 6.64. The average Bonchev–Trinajstić information content (AvgIpc) is 2.92. The Labute approximate surface area is 123 Å². The van der Waals surface area contributed by atoms with Gasteiger partial charge in [0.25, 0.3) is 0 Å². The standard InChI is InChI=1S/C16H15NO3S/c1-16(9-3-2-4-10-16)21(19,20)17-11-8-14-13(12-18)6-5-7-15(14)17/h2-9,11-12H,10H2,1H3. The third kappa shape index (κ3) is 1.96. The predicted octanol–water partition coefficient (Wildman–Crippen LogP) is 2.91. The molecule has 0 aliphatic heterocycles. The summed E-state index contributed by atoms with van der Waals surface area (Å²) in [6, 6.07) is 6.75. The number of fused-ring (bicyclic) bond motifs is 1. The van der Waals surface area contributed by atoms with E-state index in [4.69, 9.17) is 0 Å². The molecule has 1 aromatic carbocycles. The lowest BCUT2D eigenvalue weighted by atomic mass is 10.0. The van der Waals surface area contributed by atoms with Crippen molar-refractivity contribution in [1.29, 1.82) is 0 Å². The van der Waals surface area contributed by atoms with E-state index >= 15 is 0 Å². The zero-order valence-corrected chi connectivity index (χ0v) is 12.4. The van der Waals surface area contributed by atoms with Crippen LogP contribution in [-0.4, -0.2) is 23.4 Å². The molecule has 5 heteroatoms. The molecule has 2 aromatic rings. The van der Waals surface area contributed by atoms with E-state index in [0.717, 1.165) is 6.29 Å². The van der Waals surface area contributed by atoms with Gasteiger partial charge in [-0.1, -0.05) is 36.4 Å². The Morgan fingerprint density at radius 3 is 2.71 bits per heavy atom. The molecule has 3 rings (SSSR count). The van der Waals surface area contributed by atoms with E-state index in [9.17, 15) is 13.2 Å². The number of carbonyl (C=O) groups is 1. The van der Waals surface area contributed by atoms with Gasteiger partial charge in [-0.25, -0.2) is 12.4 Å². The lowest BCUT2D eigenvalue weighted by molar-refractivity contribution is 0.112. The number of carbonyl (C=O) groups excluding carboxylic acids is 1. The first-order chi connectivity index (χ1) is 9.99. The maximum absolute atomic E-state index is 13.0. The largest absolute Gasteiger partial charge is 0.298 e. The van der Waals surface area contributed by atoms with E-state index in [0.29, 0.717) is 22.9 Å². The van der Waals surface area contributed by atoms with Crippen LogP contribution < -0.4 is 0 Å². The molecule has 1 heterocycles. The van der Waals surface area contributed by atoms with E-state index in [1.54, 1.807) is 43.3 Å². The molecule has 0 N–H and O–H groups in total. The fraction of sp³-hybridized carbons (Fsp3) is 0.188. The van der Waals surface area contributed by atoms with E-state index in [2.05, 4.69) is 0 Å². The summed E-state index contributed by atoms with van der Waals surface area (Å²) >= 11 is 0. The van der Waals surface area contributed by atoms with Crippen LogP contribution in [0.4, 0.5) is 0 Å². The van der Waals surface area contributed by atoms with Crippen LogP contribution in [0.2, 0.25) is 0 Å². The molecule has 0 fully saturated rings. The molecule has 1 atom stereocenters. The van der Waals surface area contributed by atoms with Crippen molar-refractivity contribution >= 4 is 27.2 Å². The topological polar surface area (TPSA) is 56.1 Å². The number of nitrogens with zero attached hydrogens (tertiary/aromatic N) is 1. The molecule has 1 aliphatic carbocycles. The van der Waals surface area contributed by atoms with Crippen molar-refractivity contribution in [2.24, 2.45) is 0 Å². The van der Waals surface area contributed by atoms with E-state index in [1.807, 2.05) is 12.2 Å². The second-order valence-electron chi connectivity index (χ2n) is 5.32. The summed E-state index contributed by atoms with van der Waals surface area (Å²) in [4.78, 5) is 11.1. The van der Waals surface area contributed by atoms with Gasteiger partial charge < -0.3 is 0 Å². The minimum Gasteiger partial charge on any atom is -0.298 e. The highest BCUT2D eigenvalue weighted by Gasteiger charge is 2.38. The summed E-state index contributed by atoms with van der Waals surface area (Å²) < 4.78 is 26.2. The number of hydrogen-bond acceptors (Lipinski definition) is 3. The summed E-state index contributed by atoms with van der Waals surface area (Å²) in [5, 5.41) is 0.648. The smallest absolute Gasteiger partial charge is 0.248 e. The van der Waals surface area contributed by atoms with Crippen LogP contribution in [0, 0.1) is 0 Å². The lowest BCUT2D eigenvalue weighted by Crippen LogP contribution is -2.37. The lowest BCUT2D eigenvalue weighted by Gasteiger charge is -2.27. The summed E-state index contributed by atoms with van der Waals surface area (Å²) in [5.41, 5.74) is 1.02. The Morgan fingerprint density at radius 1 is 1.24 bits per heavy atom. The number of allylic oxidation sites excluding steroid dienone is 3. The van der Waals surface area contributed by atoms with Crippen LogP contribution in [0.25, 0.3) is 10.9 Å². The van der Waals surface area contributed by atoms with Crippen LogP contribution in [0.3, 0.4) is 0 Å². The van der Waals surface area contributed by atoms with Crippen LogP contribution in [0.1, 0.15) is 23.7 Å². The fourth-order valence-corrected chi connectivity index (χ4v) is 4.25. The van der Waals surface area contributed by atoms with Gasteiger partial charge >= 0.3 is 0 Å². The Kier molecular flexibility index (Phi) is 3.10. The van der Waals surface area contributed by atoms with Gasteiger partial charge in [-0.05, 0) is 25.5 Å². The van der Waals surface area contributed by atoms with Gasteiger partial charge in [-0.3, -0.25) is 4.79 Å². The molecule has 1 aromatic heterocycles. The highest BCUT2D eigenvalue weighted by molar-refractivity contribution is 7.91. The van der Waals surface area contributed by atoms with Crippen LogP contribution >= 0.6 is 0 Å². The molecule has 1 unspecified atom stereocenters. The zero-order valence-electron chi connectivity index (χ0n) is 11.6. The molecule has 0 saturated heterocycles. The quantitative estimate of drug-likeness (QED) is 0.819. The Morgan fingerprint density at radius 2 is 2.05 bits per heavy atom. The molecule has 0 radical (unpaired) electrons. The molecule has 108 valence electrons. The molecule has 0 saturated carbocycles. The van der Waals surface area contributed by atoms with Crippen LogP contribution in [0.15, 0.2) is 54.8 Å².